The summed E-state index contributed by atoms with van der Waals surface area (Å²) in [6.45, 7) is 3.50. The van der Waals surface area contributed by atoms with Crippen molar-refractivity contribution in [2.24, 2.45) is 0 Å². The fourth-order valence-electron chi connectivity index (χ4n) is 1.74. The molecule has 1 rings (SSSR count). The molecule has 1 atom stereocenters. The molecular formula is C14H20O4. The van der Waals surface area contributed by atoms with Crippen molar-refractivity contribution >= 4 is 5.78 Å². The molecule has 4 heteroatoms. The zero-order chi connectivity index (χ0) is 13.6. The van der Waals surface area contributed by atoms with Gasteiger partial charge in [0.05, 0.1) is 6.61 Å². The molecule has 0 radical (unpaired) electrons. The van der Waals surface area contributed by atoms with Gasteiger partial charge in [0, 0.05) is 12.8 Å². The summed E-state index contributed by atoms with van der Waals surface area (Å²) in [7, 11) is 0. The van der Waals surface area contributed by atoms with E-state index in [4.69, 9.17) is 9.84 Å². The van der Waals surface area contributed by atoms with E-state index in [1.165, 1.54) is 6.92 Å². The highest BCUT2D eigenvalue weighted by Crippen LogP contribution is 2.18. The van der Waals surface area contributed by atoms with Crippen LogP contribution in [-0.2, 0) is 11.2 Å². The van der Waals surface area contributed by atoms with Gasteiger partial charge in [-0.2, -0.15) is 0 Å². The van der Waals surface area contributed by atoms with Gasteiger partial charge in [0.15, 0.2) is 5.78 Å². The number of rotatable bonds is 7. The molecule has 0 amide bonds. The molecule has 0 aliphatic carbocycles. The standard InChI is InChI=1S/C14H20O4/c1-3-13(16)14(2,17)10-11-4-6-12(7-5-11)18-9-8-15/h4-7,15,17H,3,8-10H2,1-2H3. The number of aliphatic hydroxyl groups is 2. The maximum atomic E-state index is 11.5. The maximum absolute atomic E-state index is 11.5. The van der Waals surface area contributed by atoms with Crippen LogP contribution in [0.4, 0.5) is 0 Å². The van der Waals surface area contributed by atoms with Crippen LogP contribution in [0.15, 0.2) is 24.3 Å². The van der Waals surface area contributed by atoms with Crippen molar-refractivity contribution in [2.45, 2.75) is 32.3 Å². The summed E-state index contributed by atoms with van der Waals surface area (Å²) in [5.41, 5.74) is -0.444. The highest BCUT2D eigenvalue weighted by Gasteiger charge is 2.28. The Morgan fingerprint density at radius 3 is 2.44 bits per heavy atom. The molecule has 0 bridgehead atoms. The molecular weight excluding hydrogens is 232 g/mol. The lowest BCUT2D eigenvalue weighted by Crippen LogP contribution is -2.36. The first-order valence-electron chi connectivity index (χ1n) is 6.08. The molecule has 0 aromatic heterocycles. The predicted octanol–water partition coefficient (Wildman–Crippen LogP) is 1.33. The van der Waals surface area contributed by atoms with Gasteiger partial charge in [0.1, 0.15) is 18.0 Å². The summed E-state index contributed by atoms with van der Waals surface area (Å²) in [4.78, 5) is 11.5. The van der Waals surface area contributed by atoms with Crippen molar-refractivity contribution in [1.82, 2.24) is 0 Å². The average Bonchev–Trinajstić information content (AvgIpc) is 2.36. The Morgan fingerprint density at radius 1 is 1.33 bits per heavy atom. The van der Waals surface area contributed by atoms with E-state index in [0.29, 0.717) is 18.6 Å². The van der Waals surface area contributed by atoms with Crippen LogP contribution in [0.25, 0.3) is 0 Å². The van der Waals surface area contributed by atoms with Gasteiger partial charge in [-0.3, -0.25) is 4.79 Å². The zero-order valence-corrected chi connectivity index (χ0v) is 10.8. The number of carbonyl (C=O) groups excluding carboxylic acids is 1. The van der Waals surface area contributed by atoms with Gasteiger partial charge in [0.25, 0.3) is 0 Å². The Kier molecular flexibility index (Phi) is 5.31. The Bertz CT molecular complexity index is 381. The number of ketones is 1. The second-order valence-electron chi connectivity index (χ2n) is 4.44. The lowest BCUT2D eigenvalue weighted by molar-refractivity contribution is -0.135. The molecule has 0 saturated carbocycles. The monoisotopic (exact) mass is 252 g/mol. The van der Waals surface area contributed by atoms with Crippen LogP contribution in [0.3, 0.4) is 0 Å². The first kappa shape index (κ1) is 14.7. The second kappa shape index (κ2) is 6.52. The first-order valence-corrected chi connectivity index (χ1v) is 6.08. The third-order valence-electron chi connectivity index (χ3n) is 2.75. The molecule has 1 aromatic rings. The fraction of sp³-hybridized carbons (Fsp3) is 0.500. The van der Waals surface area contributed by atoms with Gasteiger partial charge in [-0.1, -0.05) is 19.1 Å². The molecule has 4 nitrogen and oxygen atoms in total. The van der Waals surface area contributed by atoms with E-state index in [9.17, 15) is 9.90 Å². The number of benzene rings is 1. The normalized spacial score (nSPS) is 14.0. The van der Waals surface area contributed by atoms with E-state index in [-0.39, 0.29) is 19.0 Å². The van der Waals surface area contributed by atoms with Crippen LogP contribution < -0.4 is 4.74 Å². The second-order valence-corrected chi connectivity index (χ2v) is 4.44. The van der Waals surface area contributed by atoms with E-state index in [1.807, 2.05) is 12.1 Å². The molecule has 0 aliphatic rings. The van der Waals surface area contributed by atoms with Gasteiger partial charge < -0.3 is 14.9 Å². The largest absolute Gasteiger partial charge is 0.491 e. The Hall–Kier alpha value is -1.39. The molecule has 0 heterocycles. The van der Waals surface area contributed by atoms with Crippen molar-refractivity contribution in [3.63, 3.8) is 0 Å². The lowest BCUT2D eigenvalue weighted by Gasteiger charge is -2.21. The molecule has 1 aromatic carbocycles. The summed E-state index contributed by atoms with van der Waals surface area (Å²) < 4.78 is 5.23. The quantitative estimate of drug-likeness (QED) is 0.768. The SMILES string of the molecule is CCC(=O)C(C)(O)Cc1ccc(OCCO)cc1. The molecule has 18 heavy (non-hydrogen) atoms. The summed E-state index contributed by atoms with van der Waals surface area (Å²) in [6.07, 6.45) is 0.616. The van der Waals surface area contributed by atoms with Crippen LogP contribution in [0, 0.1) is 0 Å². The highest BCUT2D eigenvalue weighted by molar-refractivity contribution is 5.86. The summed E-state index contributed by atoms with van der Waals surface area (Å²) in [5, 5.41) is 18.7. The summed E-state index contributed by atoms with van der Waals surface area (Å²) in [5.74, 6) is 0.498. The van der Waals surface area contributed by atoms with Crippen LogP contribution in [0.5, 0.6) is 5.75 Å². The molecule has 100 valence electrons. The van der Waals surface area contributed by atoms with Crippen LogP contribution in [-0.4, -0.2) is 34.8 Å². The number of aliphatic hydroxyl groups excluding tert-OH is 1. The van der Waals surface area contributed by atoms with E-state index in [2.05, 4.69) is 0 Å². The minimum Gasteiger partial charge on any atom is -0.491 e. The number of Topliss-reactive ketones (excluding diaryl/α,β-unsaturated/α-hetero) is 1. The van der Waals surface area contributed by atoms with E-state index in [0.717, 1.165) is 5.56 Å². The average molecular weight is 252 g/mol. The molecule has 2 N–H and O–H groups in total. The zero-order valence-electron chi connectivity index (χ0n) is 10.8. The smallest absolute Gasteiger partial charge is 0.164 e. The van der Waals surface area contributed by atoms with Gasteiger partial charge in [0.2, 0.25) is 0 Å². The van der Waals surface area contributed by atoms with Gasteiger partial charge in [-0.15, -0.1) is 0 Å². The Labute approximate surface area is 107 Å². The Balaban J connectivity index is 2.66. The maximum Gasteiger partial charge on any atom is 0.164 e. The highest BCUT2D eigenvalue weighted by atomic mass is 16.5. The molecule has 0 aliphatic heterocycles. The summed E-state index contributed by atoms with van der Waals surface area (Å²) >= 11 is 0. The Morgan fingerprint density at radius 2 is 1.94 bits per heavy atom. The van der Waals surface area contributed by atoms with Crippen LogP contribution in [0.2, 0.25) is 0 Å². The van der Waals surface area contributed by atoms with Crippen molar-refractivity contribution in [3.05, 3.63) is 29.8 Å². The van der Waals surface area contributed by atoms with E-state index in [1.54, 1.807) is 19.1 Å². The van der Waals surface area contributed by atoms with Gasteiger partial charge >= 0.3 is 0 Å². The lowest BCUT2D eigenvalue weighted by atomic mass is 9.91. The van der Waals surface area contributed by atoms with E-state index >= 15 is 0 Å². The predicted molar refractivity (Wildman–Crippen MR) is 68.6 cm³/mol. The van der Waals surface area contributed by atoms with Crippen LogP contribution in [0.1, 0.15) is 25.8 Å². The van der Waals surface area contributed by atoms with Gasteiger partial charge in [-0.05, 0) is 24.6 Å². The number of hydrogen-bond acceptors (Lipinski definition) is 4. The summed E-state index contributed by atoms with van der Waals surface area (Å²) in [6, 6.07) is 7.14. The number of carbonyl (C=O) groups is 1. The molecule has 1 unspecified atom stereocenters. The number of hydrogen-bond donors (Lipinski definition) is 2. The minimum atomic E-state index is -1.32. The molecule has 0 saturated heterocycles. The van der Waals surface area contributed by atoms with E-state index < -0.39 is 5.60 Å². The van der Waals surface area contributed by atoms with Crippen molar-refractivity contribution in [3.8, 4) is 5.75 Å². The topological polar surface area (TPSA) is 66.8 Å². The molecule has 0 spiro atoms. The van der Waals surface area contributed by atoms with Crippen molar-refractivity contribution in [2.75, 3.05) is 13.2 Å². The van der Waals surface area contributed by atoms with Gasteiger partial charge in [-0.25, -0.2) is 0 Å². The fourth-order valence-corrected chi connectivity index (χ4v) is 1.74. The van der Waals surface area contributed by atoms with Crippen molar-refractivity contribution in [1.29, 1.82) is 0 Å². The third kappa shape index (κ3) is 4.13. The first-order chi connectivity index (χ1) is 8.49. The third-order valence-corrected chi connectivity index (χ3v) is 2.75. The minimum absolute atomic E-state index is 0.0263. The number of ether oxygens (including phenoxy) is 1. The van der Waals surface area contributed by atoms with Crippen LogP contribution >= 0.6 is 0 Å². The molecule has 0 fully saturated rings. The van der Waals surface area contributed by atoms with Crippen molar-refractivity contribution < 1.29 is 19.7 Å².